The summed E-state index contributed by atoms with van der Waals surface area (Å²) >= 11 is 1.80. The fourth-order valence-corrected chi connectivity index (χ4v) is 4.16. The average molecular weight is 366 g/mol. The number of fused-ring (bicyclic) bond motifs is 1. The highest BCUT2D eigenvalue weighted by molar-refractivity contribution is 7.15. The molecule has 3 aromatic rings. The van der Waals surface area contributed by atoms with Crippen molar-refractivity contribution in [3.63, 3.8) is 0 Å². The van der Waals surface area contributed by atoms with Crippen LogP contribution >= 0.6 is 11.3 Å². The average Bonchev–Trinajstić information content (AvgIpc) is 2.99. The molecular weight excluding hydrogens is 344 g/mol. The van der Waals surface area contributed by atoms with Crippen molar-refractivity contribution in [3.8, 4) is 21.9 Å². The summed E-state index contributed by atoms with van der Waals surface area (Å²) in [7, 11) is 1.71. The molecule has 0 fully saturated rings. The number of nitrogens with zero attached hydrogens (tertiary/aromatic N) is 2. The minimum atomic E-state index is 0.654. The predicted molar refractivity (Wildman–Crippen MR) is 105 cm³/mol. The number of hydrogen-bond donors (Lipinski definition) is 0. The van der Waals surface area contributed by atoms with Gasteiger partial charge in [0, 0.05) is 47.3 Å². The fourth-order valence-electron chi connectivity index (χ4n) is 3.31. The molecular formula is C21H22N2O2S. The number of aromatic nitrogens is 1. The van der Waals surface area contributed by atoms with E-state index in [2.05, 4.69) is 47.1 Å². The third kappa shape index (κ3) is 3.59. The lowest BCUT2D eigenvalue weighted by molar-refractivity contribution is 0.216. The van der Waals surface area contributed by atoms with Crippen LogP contribution in [-0.4, -0.2) is 30.1 Å². The summed E-state index contributed by atoms with van der Waals surface area (Å²) in [4.78, 5) is 9.18. The molecule has 1 aliphatic heterocycles. The molecule has 0 bridgehead atoms. The molecule has 0 aliphatic carbocycles. The molecule has 2 aromatic heterocycles. The number of pyridine rings is 1. The Morgan fingerprint density at radius 2 is 2.19 bits per heavy atom. The van der Waals surface area contributed by atoms with E-state index in [1.807, 2.05) is 18.5 Å². The van der Waals surface area contributed by atoms with E-state index in [1.165, 1.54) is 26.4 Å². The SMILES string of the molecule is COc1cc(-c2ccc(C)s2)cc2c1OCCN(Cc1cccnc1)C2. The summed E-state index contributed by atoms with van der Waals surface area (Å²) in [5.41, 5.74) is 3.57. The third-order valence-electron chi connectivity index (χ3n) is 4.55. The first-order valence-electron chi connectivity index (χ1n) is 8.75. The van der Waals surface area contributed by atoms with E-state index in [1.54, 1.807) is 18.4 Å². The van der Waals surface area contributed by atoms with Gasteiger partial charge in [-0.05, 0) is 48.4 Å². The van der Waals surface area contributed by atoms with Crippen molar-refractivity contribution >= 4 is 11.3 Å². The highest BCUT2D eigenvalue weighted by Gasteiger charge is 2.21. The molecule has 3 heterocycles. The topological polar surface area (TPSA) is 34.6 Å². The van der Waals surface area contributed by atoms with E-state index >= 15 is 0 Å². The number of ether oxygens (including phenoxy) is 2. The molecule has 0 spiro atoms. The number of thiophene rings is 1. The van der Waals surface area contributed by atoms with Crippen LogP contribution in [0, 0.1) is 6.92 Å². The lowest BCUT2D eigenvalue weighted by Crippen LogP contribution is -2.25. The van der Waals surface area contributed by atoms with E-state index < -0.39 is 0 Å². The van der Waals surface area contributed by atoms with Gasteiger partial charge in [0.1, 0.15) is 6.61 Å². The second kappa shape index (κ2) is 7.48. The van der Waals surface area contributed by atoms with Crippen LogP contribution in [0.1, 0.15) is 16.0 Å². The minimum absolute atomic E-state index is 0.654. The van der Waals surface area contributed by atoms with Gasteiger partial charge >= 0.3 is 0 Å². The number of aryl methyl sites for hydroxylation is 1. The Balaban J connectivity index is 1.67. The Kier molecular flexibility index (Phi) is 4.91. The Bertz CT molecular complexity index is 892. The zero-order valence-electron chi connectivity index (χ0n) is 15.1. The summed E-state index contributed by atoms with van der Waals surface area (Å²) < 4.78 is 11.7. The van der Waals surface area contributed by atoms with Crippen LogP contribution in [0.25, 0.3) is 10.4 Å². The normalized spacial score (nSPS) is 14.4. The quantitative estimate of drug-likeness (QED) is 0.680. The van der Waals surface area contributed by atoms with Gasteiger partial charge in [0.15, 0.2) is 11.5 Å². The highest BCUT2D eigenvalue weighted by atomic mass is 32.1. The highest BCUT2D eigenvalue weighted by Crippen LogP contribution is 2.40. The van der Waals surface area contributed by atoms with Crippen LogP contribution in [0.15, 0.2) is 48.8 Å². The zero-order chi connectivity index (χ0) is 17.9. The van der Waals surface area contributed by atoms with Gasteiger partial charge in [0.2, 0.25) is 0 Å². The maximum absolute atomic E-state index is 6.06. The first-order chi connectivity index (χ1) is 12.7. The standard InChI is InChI=1S/C21H22N2O2S/c1-15-5-6-20(26-15)17-10-18-14-23(13-16-4-3-7-22-12-16)8-9-25-21(18)19(11-17)24-2/h3-7,10-12H,8-9,13-14H2,1-2H3. The lowest BCUT2D eigenvalue weighted by Gasteiger charge is -2.19. The van der Waals surface area contributed by atoms with E-state index in [-0.39, 0.29) is 0 Å². The second-order valence-corrected chi connectivity index (χ2v) is 7.79. The molecule has 4 rings (SSSR count). The molecule has 1 aromatic carbocycles. The van der Waals surface area contributed by atoms with Crippen LogP contribution in [0.3, 0.4) is 0 Å². The van der Waals surface area contributed by atoms with Crippen molar-refractivity contribution in [2.45, 2.75) is 20.0 Å². The minimum Gasteiger partial charge on any atom is -0.493 e. The Hall–Kier alpha value is -2.37. The number of hydrogen-bond acceptors (Lipinski definition) is 5. The molecule has 0 N–H and O–H groups in total. The van der Waals surface area contributed by atoms with E-state index in [0.717, 1.165) is 31.1 Å². The molecule has 134 valence electrons. The molecule has 26 heavy (non-hydrogen) atoms. The maximum Gasteiger partial charge on any atom is 0.165 e. The third-order valence-corrected chi connectivity index (χ3v) is 5.60. The fraction of sp³-hybridized carbons (Fsp3) is 0.286. The van der Waals surface area contributed by atoms with Gasteiger partial charge in [-0.1, -0.05) is 6.07 Å². The van der Waals surface area contributed by atoms with E-state index in [4.69, 9.17) is 9.47 Å². The Labute approximate surface area is 158 Å². The van der Waals surface area contributed by atoms with Crippen molar-refractivity contribution < 1.29 is 9.47 Å². The smallest absolute Gasteiger partial charge is 0.165 e. The summed E-state index contributed by atoms with van der Waals surface area (Å²) in [6.07, 6.45) is 3.74. The molecule has 0 amide bonds. The molecule has 1 aliphatic rings. The molecule has 0 atom stereocenters. The summed E-state index contributed by atoms with van der Waals surface area (Å²) in [6.45, 7) is 5.36. The number of rotatable bonds is 4. The van der Waals surface area contributed by atoms with Gasteiger partial charge in [-0.3, -0.25) is 9.88 Å². The Morgan fingerprint density at radius 3 is 2.92 bits per heavy atom. The van der Waals surface area contributed by atoms with Crippen LogP contribution < -0.4 is 9.47 Å². The van der Waals surface area contributed by atoms with Crippen molar-refractivity contribution in [1.29, 1.82) is 0 Å². The van der Waals surface area contributed by atoms with Crippen LogP contribution in [-0.2, 0) is 13.1 Å². The zero-order valence-corrected chi connectivity index (χ0v) is 15.9. The molecule has 0 radical (unpaired) electrons. The molecule has 0 saturated carbocycles. The van der Waals surface area contributed by atoms with Gasteiger partial charge in [-0.15, -0.1) is 11.3 Å². The van der Waals surface area contributed by atoms with Crippen molar-refractivity contribution in [2.24, 2.45) is 0 Å². The molecule has 5 heteroatoms. The van der Waals surface area contributed by atoms with Gasteiger partial charge in [-0.25, -0.2) is 0 Å². The van der Waals surface area contributed by atoms with Gasteiger partial charge in [0.05, 0.1) is 7.11 Å². The molecule has 4 nitrogen and oxygen atoms in total. The predicted octanol–water partition coefficient (Wildman–Crippen LogP) is 4.52. The van der Waals surface area contributed by atoms with Crippen LogP contribution in [0.5, 0.6) is 11.5 Å². The van der Waals surface area contributed by atoms with Crippen LogP contribution in [0.2, 0.25) is 0 Å². The number of benzene rings is 1. The summed E-state index contributed by atoms with van der Waals surface area (Å²) in [6, 6.07) is 12.8. The summed E-state index contributed by atoms with van der Waals surface area (Å²) in [5, 5.41) is 0. The monoisotopic (exact) mass is 366 g/mol. The summed E-state index contributed by atoms with van der Waals surface area (Å²) in [5.74, 6) is 1.69. The van der Waals surface area contributed by atoms with Gasteiger partial charge in [0.25, 0.3) is 0 Å². The second-order valence-electron chi connectivity index (χ2n) is 6.50. The molecule has 0 saturated heterocycles. The van der Waals surface area contributed by atoms with E-state index in [9.17, 15) is 0 Å². The van der Waals surface area contributed by atoms with Crippen molar-refractivity contribution in [2.75, 3.05) is 20.3 Å². The molecule has 0 unspecified atom stereocenters. The van der Waals surface area contributed by atoms with Crippen LogP contribution in [0.4, 0.5) is 0 Å². The Morgan fingerprint density at radius 1 is 1.27 bits per heavy atom. The van der Waals surface area contributed by atoms with E-state index in [0.29, 0.717) is 6.61 Å². The van der Waals surface area contributed by atoms with Crippen molar-refractivity contribution in [3.05, 3.63) is 64.8 Å². The first-order valence-corrected chi connectivity index (χ1v) is 9.56. The first kappa shape index (κ1) is 17.1. The lowest BCUT2D eigenvalue weighted by atomic mass is 10.1. The largest absolute Gasteiger partial charge is 0.493 e. The van der Waals surface area contributed by atoms with Crippen molar-refractivity contribution in [1.82, 2.24) is 9.88 Å². The van der Waals surface area contributed by atoms with Gasteiger partial charge < -0.3 is 9.47 Å². The number of methoxy groups -OCH3 is 1. The maximum atomic E-state index is 6.06. The van der Waals surface area contributed by atoms with Gasteiger partial charge in [-0.2, -0.15) is 0 Å².